The molecule has 0 spiro atoms. The third-order valence-electron chi connectivity index (χ3n) is 4.61. The highest BCUT2D eigenvalue weighted by molar-refractivity contribution is 5.75. The van der Waals surface area contributed by atoms with Gasteiger partial charge in [-0.2, -0.15) is 0 Å². The summed E-state index contributed by atoms with van der Waals surface area (Å²) >= 11 is 0. The van der Waals surface area contributed by atoms with Crippen LogP contribution in [0.25, 0.3) is 0 Å². The minimum absolute atomic E-state index is 0.107. The molecule has 1 unspecified atom stereocenters. The fraction of sp³-hybridized carbons (Fsp3) is 0.611. The standard InChI is InChI=1S/C18H29N3O2/c1-4-18(22)19-14-17(15-6-8-16(23-3)9-7-15)21-12-10-20(5-2)11-13-21/h6-9,17H,4-5,10-14H2,1-3H3,(H,19,22). The van der Waals surface area contributed by atoms with E-state index in [9.17, 15) is 4.79 Å². The number of carbonyl (C=O) groups excluding carboxylic acids is 1. The second-order valence-corrected chi connectivity index (χ2v) is 5.92. The average Bonchev–Trinajstić information content (AvgIpc) is 2.62. The zero-order valence-electron chi connectivity index (χ0n) is 14.5. The normalized spacial score (nSPS) is 17.7. The van der Waals surface area contributed by atoms with E-state index in [1.54, 1.807) is 7.11 Å². The van der Waals surface area contributed by atoms with Gasteiger partial charge in [-0.15, -0.1) is 0 Å². The largest absolute Gasteiger partial charge is 0.497 e. The molecule has 1 aliphatic rings. The van der Waals surface area contributed by atoms with Crippen LogP contribution in [0.1, 0.15) is 31.9 Å². The van der Waals surface area contributed by atoms with Gasteiger partial charge >= 0.3 is 0 Å². The van der Waals surface area contributed by atoms with E-state index in [-0.39, 0.29) is 11.9 Å². The predicted molar refractivity (Wildman–Crippen MR) is 92.7 cm³/mol. The van der Waals surface area contributed by atoms with E-state index >= 15 is 0 Å². The van der Waals surface area contributed by atoms with E-state index in [1.165, 1.54) is 5.56 Å². The van der Waals surface area contributed by atoms with Crippen LogP contribution in [0, 0.1) is 0 Å². The lowest BCUT2D eigenvalue weighted by atomic mass is 10.0. The Morgan fingerprint density at radius 2 is 1.83 bits per heavy atom. The molecule has 1 aliphatic heterocycles. The first-order valence-electron chi connectivity index (χ1n) is 8.55. The molecule has 5 heteroatoms. The maximum atomic E-state index is 11.7. The Labute approximate surface area is 139 Å². The van der Waals surface area contributed by atoms with Gasteiger partial charge in [-0.3, -0.25) is 9.69 Å². The Morgan fingerprint density at radius 1 is 1.17 bits per heavy atom. The number of benzene rings is 1. The van der Waals surface area contributed by atoms with Crippen LogP contribution in [0.4, 0.5) is 0 Å². The third-order valence-corrected chi connectivity index (χ3v) is 4.61. The van der Waals surface area contributed by atoms with E-state index in [1.807, 2.05) is 19.1 Å². The van der Waals surface area contributed by atoms with Crippen LogP contribution in [0.15, 0.2) is 24.3 Å². The van der Waals surface area contributed by atoms with Crippen LogP contribution >= 0.6 is 0 Å². The second kappa shape index (κ2) is 8.89. The van der Waals surface area contributed by atoms with Gasteiger partial charge in [0.2, 0.25) is 5.91 Å². The van der Waals surface area contributed by atoms with Gasteiger partial charge in [0, 0.05) is 39.1 Å². The van der Waals surface area contributed by atoms with Crippen molar-refractivity contribution in [2.24, 2.45) is 0 Å². The van der Waals surface area contributed by atoms with Crippen molar-refractivity contribution in [3.05, 3.63) is 29.8 Å². The summed E-state index contributed by atoms with van der Waals surface area (Å²) in [6.07, 6.45) is 0.527. The van der Waals surface area contributed by atoms with Crippen LogP contribution < -0.4 is 10.1 Å². The molecule has 2 rings (SSSR count). The quantitative estimate of drug-likeness (QED) is 0.834. The van der Waals surface area contributed by atoms with E-state index in [0.717, 1.165) is 38.5 Å². The van der Waals surface area contributed by atoms with E-state index < -0.39 is 0 Å². The highest BCUT2D eigenvalue weighted by atomic mass is 16.5. The Balaban J connectivity index is 2.08. The Bertz CT molecular complexity index is 482. The number of hydrogen-bond acceptors (Lipinski definition) is 4. The van der Waals surface area contributed by atoms with Gasteiger partial charge in [0.25, 0.3) is 0 Å². The van der Waals surface area contributed by atoms with Crippen LogP contribution in [-0.2, 0) is 4.79 Å². The smallest absolute Gasteiger partial charge is 0.219 e. The monoisotopic (exact) mass is 319 g/mol. The van der Waals surface area contributed by atoms with Gasteiger partial charge in [-0.05, 0) is 24.2 Å². The molecule has 1 amide bonds. The predicted octanol–water partition coefficient (Wildman–Crippen LogP) is 1.90. The number of likely N-dealkylation sites (N-methyl/N-ethyl adjacent to an activating group) is 1. The molecular weight excluding hydrogens is 290 g/mol. The molecule has 0 aromatic heterocycles. The molecule has 5 nitrogen and oxygen atoms in total. The first-order chi connectivity index (χ1) is 11.2. The van der Waals surface area contributed by atoms with Gasteiger partial charge in [0.1, 0.15) is 5.75 Å². The molecule has 1 aromatic carbocycles. The number of methoxy groups -OCH3 is 1. The lowest BCUT2D eigenvalue weighted by Gasteiger charge is -2.39. The van der Waals surface area contributed by atoms with Crippen molar-refractivity contribution in [1.82, 2.24) is 15.1 Å². The SMILES string of the molecule is CCC(=O)NCC(c1ccc(OC)cc1)N1CCN(CC)CC1. The number of nitrogens with zero attached hydrogens (tertiary/aromatic N) is 2. The molecule has 0 saturated carbocycles. The molecule has 1 N–H and O–H groups in total. The van der Waals surface area contributed by atoms with Crippen molar-refractivity contribution in [3.8, 4) is 5.75 Å². The van der Waals surface area contributed by atoms with Gasteiger partial charge in [0.15, 0.2) is 0 Å². The van der Waals surface area contributed by atoms with Crippen molar-refractivity contribution in [1.29, 1.82) is 0 Å². The maximum absolute atomic E-state index is 11.7. The summed E-state index contributed by atoms with van der Waals surface area (Å²) in [6, 6.07) is 8.41. The van der Waals surface area contributed by atoms with E-state index in [4.69, 9.17) is 4.74 Å². The van der Waals surface area contributed by atoms with Crippen molar-refractivity contribution in [3.63, 3.8) is 0 Å². The summed E-state index contributed by atoms with van der Waals surface area (Å²) in [5.74, 6) is 0.969. The zero-order chi connectivity index (χ0) is 16.7. The number of amides is 1. The minimum Gasteiger partial charge on any atom is -0.497 e. The number of nitrogens with one attached hydrogen (secondary N) is 1. The Morgan fingerprint density at radius 3 is 2.35 bits per heavy atom. The Hall–Kier alpha value is -1.59. The van der Waals surface area contributed by atoms with Crippen LogP contribution in [0.3, 0.4) is 0 Å². The first-order valence-corrected chi connectivity index (χ1v) is 8.55. The first kappa shape index (κ1) is 17.8. The van der Waals surface area contributed by atoms with Gasteiger partial charge in [-0.1, -0.05) is 26.0 Å². The molecule has 23 heavy (non-hydrogen) atoms. The van der Waals surface area contributed by atoms with Crippen molar-refractivity contribution >= 4 is 5.91 Å². The molecule has 1 aromatic rings. The van der Waals surface area contributed by atoms with Gasteiger partial charge < -0.3 is 15.0 Å². The summed E-state index contributed by atoms with van der Waals surface area (Å²) < 4.78 is 5.25. The topological polar surface area (TPSA) is 44.8 Å². The van der Waals surface area contributed by atoms with Crippen LogP contribution in [0.5, 0.6) is 5.75 Å². The average molecular weight is 319 g/mol. The molecular formula is C18H29N3O2. The fourth-order valence-electron chi connectivity index (χ4n) is 3.01. The van der Waals surface area contributed by atoms with E-state index in [2.05, 4.69) is 34.2 Å². The number of piperazine rings is 1. The number of rotatable bonds is 7. The molecule has 128 valence electrons. The Kier molecular flexibility index (Phi) is 6.86. The van der Waals surface area contributed by atoms with Crippen molar-refractivity contribution in [2.75, 3.05) is 46.4 Å². The third kappa shape index (κ3) is 4.94. The molecule has 0 aliphatic carbocycles. The summed E-state index contributed by atoms with van der Waals surface area (Å²) in [5.41, 5.74) is 1.23. The lowest BCUT2D eigenvalue weighted by Crippen LogP contribution is -2.49. The van der Waals surface area contributed by atoms with Crippen molar-refractivity contribution < 1.29 is 9.53 Å². The lowest BCUT2D eigenvalue weighted by molar-refractivity contribution is -0.121. The molecule has 1 saturated heterocycles. The summed E-state index contributed by atoms with van der Waals surface area (Å²) in [4.78, 5) is 16.6. The van der Waals surface area contributed by atoms with Gasteiger partial charge in [-0.25, -0.2) is 0 Å². The fourth-order valence-corrected chi connectivity index (χ4v) is 3.01. The van der Waals surface area contributed by atoms with Crippen LogP contribution in [0.2, 0.25) is 0 Å². The van der Waals surface area contributed by atoms with Crippen LogP contribution in [-0.4, -0.2) is 62.1 Å². The minimum atomic E-state index is 0.107. The molecule has 1 heterocycles. The number of hydrogen-bond donors (Lipinski definition) is 1. The van der Waals surface area contributed by atoms with Crippen molar-refractivity contribution in [2.45, 2.75) is 26.3 Å². The maximum Gasteiger partial charge on any atom is 0.219 e. The molecule has 1 fully saturated rings. The summed E-state index contributed by atoms with van der Waals surface area (Å²) in [6.45, 7) is 10.1. The van der Waals surface area contributed by atoms with E-state index in [0.29, 0.717) is 13.0 Å². The second-order valence-electron chi connectivity index (χ2n) is 5.92. The highest BCUT2D eigenvalue weighted by Gasteiger charge is 2.24. The highest BCUT2D eigenvalue weighted by Crippen LogP contribution is 2.24. The zero-order valence-corrected chi connectivity index (χ0v) is 14.5. The molecule has 1 atom stereocenters. The molecule has 0 bridgehead atoms. The summed E-state index contributed by atoms with van der Waals surface area (Å²) in [7, 11) is 1.68. The molecule has 0 radical (unpaired) electrons. The van der Waals surface area contributed by atoms with Gasteiger partial charge in [0.05, 0.1) is 13.2 Å². The number of ether oxygens (including phenoxy) is 1. The number of carbonyl (C=O) groups is 1. The summed E-state index contributed by atoms with van der Waals surface area (Å²) in [5, 5.41) is 3.06.